The van der Waals surface area contributed by atoms with E-state index >= 15 is 0 Å². The van der Waals surface area contributed by atoms with E-state index in [0.717, 1.165) is 5.56 Å². The SMILES string of the molecule is Cc1ccc(OC(=O)OCCS(=O)(=O)CCOC(=O)CNC(=O)OC(C)(C)C)cc1. The molecule has 0 radical (unpaired) electrons. The lowest BCUT2D eigenvalue weighted by atomic mass is 10.2. The van der Waals surface area contributed by atoms with Crippen LogP contribution in [0.3, 0.4) is 0 Å². The summed E-state index contributed by atoms with van der Waals surface area (Å²) in [7, 11) is -3.63. The average molecular weight is 445 g/mol. The summed E-state index contributed by atoms with van der Waals surface area (Å²) in [6.07, 6.45) is -1.81. The van der Waals surface area contributed by atoms with Crippen LogP contribution in [0, 0.1) is 6.92 Å². The molecule has 0 aliphatic heterocycles. The van der Waals surface area contributed by atoms with E-state index in [1.807, 2.05) is 6.92 Å². The standard InChI is InChI=1S/C19H27NO9S/c1-14-5-7-15(8-6-14)28-18(23)27-10-12-30(24,25)11-9-26-16(21)13-20-17(22)29-19(2,3)4/h5-8H,9-13H2,1-4H3,(H,20,22). The molecule has 11 heteroatoms. The molecule has 0 saturated heterocycles. The molecule has 1 aromatic rings. The molecular formula is C19H27NO9S. The van der Waals surface area contributed by atoms with Gasteiger partial charge in [0.15, 0.2) is 9.84 Å². The summed E-state index contributed by atoms with van der Waals surface area (Å²) >= 11 is 0. The van der Waals surface area contributed by atoms with Crippen molar-refractivity contribution < 1.29 is 41.7 Å². The van der Waals surface area contributed by atoms with Crippen molar-refractivity contribution in [3.05, 3.63) is 29.8 Å². The minimum Gasteiger partial charge on any atom is -0.463 e. The van der Waals surface area contributed by atoms with E-state index in [1.54, 1.807) is 45.0 Å². The maximum atomic E-state index is 11.9. The molecule has 0 atom stereocenters. The first-order chi connectivity index (χ1) is 13.9. The summed E-state index contributed by atoms with van der Waals surface area (Å²) in [5.74, 6) is -1.44. The molecule has 0 fully saturated rings. The van der Waals surface area contributed by atoms with Crippen LogP contribution in [0.15, 0.2) is 24.3 Å². The Morgan fingerprint density at radius 3 is 2.10 bits per heavy atom. The fourth-order valence-electron chi connectivity index (χ4n) is 1.88. The van der Waals surface area contributed by atoms with Crippen molar-refractivity contribution in [1.29, 1.82) is 0 Å². The molecule has 10 nitrogen and oxygen atoms in total. The van der Waals surface area contributed by atoms with Gasteiger partial charge in [-0.05, 0) is 39.8 Å². The number of carbonyl (C=O) groups is 3. The molecule has 0 saturated carbocycles. The second kappa shape index (κ2) is 11.4. The van der Waals surface area contributed by atoms with Crippen molar-refractivity contribution in [3.8, 4) is 5.75 Å². The van der Waals surface area contributed by atoms with Gasteiger partial charge in [-0.1, -0.05) is 17.7 Å². The third kappa shape index (κ3) is 11.9. The van der Waals surface area contributed by atoms with Crippen molar-refractivity contribution in [2.75, 3.05) is 31.3 Å². The van der Waals surface area contributed by atoms with Crippen LogP contribution in [0.2, 0.25) is 0 Å². The summed E-state index contributed by atoms with van der Waals surface area (Å²) in [4.78, 5) is 34.5. The molecule has 0 heterocycles. The highest BCUT2D eigenvalue weighted by atomic mass is 32.2. The minimum absolute atomic E-state index is 0.278. The van der Waals surface area contributed by atoms with Gasteiger partial charge in [0, 0.05) is 0 Å². The molecule has 1 aromatic carbocycles. The molecule has 0 bridgehead atoms. The smallest absolute Gasteiger partial charge is 0.463 e. The first kappa shape index (κ1) is 25.2. The molecule has 30 heavy (non-hydrogen) atoms. The Labute approximate surface area is 175 Å². The van der Waals surface area contributed by atoms with Crippen LogP contribution in [0.4, 0.5) is 9.59 Å². The summed E-state index contributed by atoms with van der Waals surface area (Å²) in [6, 6.07) is 6.66. The number of ether oxygens (including phenoxy) is 4. The Morgan fingerprint density at radius 2 is 1.53 bits per heavy atom. The van der Waals surface area contributed by atoms with Crippen molar-refractivity contribution in [1.82, 2.24) is 5.32 Å². The topological polar surface area (TPSA) is 134 Å². The second-order valence-corrected chi connectivity index (χ2v) is 9.54. The molecule has 0 unspecified atom stereocenters. The molecule has 1 rings (SSSR count). The molecule has 0 aromatic heterocycles. The zero-order chi connectivity index (χ0) is 22.8. The van der Waals surface area contributed by atoms with Crippen LogP contribution in [0.5, 0.6) is 5.75 Å². The maximum absolute atomic E-state index is 11.9. The Hall–Kier alpha value is -2.82. The van der Waals surface area contributed by atoms with E-state index in [4.69, 9.17) is 18.9 Å². The predicted octanol–water partition coefficient (Wildman–Crippen LogP) is 1.99. The summed E-state index contributed by atoms with van der Waals surface area (Å²) in [5, 5.41) is 2.20. The van der Waals surface area contributed by atoms with Crippen molar-refractivity contribution >= 4 is 28.1 Å². The number of aryl methyl sites for hydroxylation is 1. The molecule has 0 spiro atoms. The summed E-state index contributed by atoms with van der Waals surface area (Å²) in [5.41, 5.74) is 0.277. The first-order valence-electron chi connectivity index (χ1n) is 9.10. The number of nitrogens with one attached hydrogen (secondary N) is 1. The number of amides is 1. The Morgan fingerprint density at radius 1 is 0.967 bits per heavy atom. The van der Waals surface area contributed by atoms with Gasteiger partial charge in [0.1, 0.15) is 31.1 Å². The Kier molecular flexibility index (Phi) is 9.57. The van der Waals surface area contributed by atoms with E-state index in [9.17, 15) is 22.8 Å². The third-order valence-electron chi connectivity index (χ3n) is 3.27. The second-order valence-electron chi connectivity index (χ2n) is 7.24. The molecule has 168 valence electrons. The number of esters is 1. The highest BCUT2D eigenvalue weighted by Crippen LogP contribution is 2.12. The average Bonchev–Trinajstić information content (AvgIpc) is 2.60. The first-order valence-corrected chi connectivity index (χ1v) is 10.9. The highest BCUT2D eigenvalue weighted by molar-refractivity contribution is 7.91. The normalized spacial score (nSPS) is 11.3. The van der Waals surface area contributed by atoms with E-state index in [0.29, 0.717) is 0 Å². The number of alkyl carbamates (subject to hydrolysis) is 1. The molecule has 0 aliphatic rings. The number of benzene rings is 1. The lowest BCUT2D eigenvalue weighted by molar-refractivity contribution is -0.141. The Balaban J connectivity index is 2.22. The van der Waals surface area contributed by atoms with Gasteiger partial charge in [-0.25, -0.2) is 18.0 Å². The van der Waals surface area contributed by atoms with Crippen LogP contribution < -0.4 is 10.1 Å². The van der Waals surface area contributed by atoms with Gasteiger partial charge in [0.2, 0.25) is 0 Å². The van der Waals surface area contributed by atoms with E-state index in [1.165, 1.54) is 0 Å². The van der Waals surface area contributed by atoms with Gasteiger partial charge in [-0.15, -0.1) is 0 Å². The number of hydrogen-bond donors (Lipinski definition) is 1. The minimum atomic E-state index is -3.63. The zero-order valence-electron chi connectivity index (χ0n) is 17.4. The van der Waals surface area contributed by atoms with Gasteiger partial charge < -0.3 is 24.3 Å². The maximum Gasteiger partial charge on any atom is 0.513 e. The van der Waals surface area contributed by atoms with Crippen molar-refractivity contribution in [3.63, 3.8) is 0 Å². The Bertz CT molecular complexity index is 827. The predicted molar refractivity (Wildman–Crippen MR) is 107 cm³/mol. The van der Waals surface area contributed by atoms with Gasteiger partial charge in [-0.3, -0.25) is 4.79 Å². The van der Waals surface area contributed by atoms with E-state index < -0.39 is 64.9 Å². The van der Waals surface area contributed by atoms with Gasteiger partial charge in [0.05, 0.1) is 11.5 Å². The number of carbonyl (C=O) groups excluding carboxylic acids is 3. The summed E-state index contributed by atoms with van der Waals surface area (Å²) in [6.45, 7) is 5.63. The monoisotopic (exact) mass is 445 g/mol. The molecule has 1 amide bonds. The number of sulfone groups is 1. The number of hydrogen-bond acceptors (Lipinski definition) is 9. The quantitative estimate of drug-likeness (QED) is 0.344. The fraction of sp³-hybridized carbons (Fsp3) is 0.526. The third-order valence-corrected chi connectivity index (χ3v) is 4.85. The zero-order valence-corrected chi connectivity index (χ0v) is 18.2. The van der Waals surface area contributed by atoms with Gasteiger partial charge in [-0.2, -0.15) is 0 Å². The highest BCUT2D eigenvalue weighted by Gasteiger charge is 2.18. The lowest BCUT2D eigenvalue weighted by Gasteiger charge is -2.19. The van der Waals surface area contributed by atoms with Crippen LogP contribution in [0.1, 0.15) is 26.3 Å². The van der Waals surface area contributed by atoms with Crippen LogP contribution in [-0.2, 0) is 28.8 Å². The molecule has 0 aliphatic carbocycles. The van der Waals surface area contributed by atoms with E-state index in [-0.39, 0.29) is 5.75 Å². The largest absolute Gasteiger partial charge is 0.513 e. The van der Waals surface area contributed by atoms with E-state index in [2.05, 4.69) is 5.32 Å². The fourth-order valence-corrected chi connectivity index (χ4v) is 2.76. The number of rotatable bonds is 9. The molecule has 1 N–H and O–H groups in total. The van der Waals surface area contributed by atoms with Crippen LogP contribution in [-0.4, -0.2) is 63.5 Å². The lowest BCUT2D eigenvalue weighted by Crippen LogP contribution is -2.36. The van der Waals surface area contributed by atoms with Crippen molar-refractivity contribution in [2.45, 2.75) is 33.3 Å². The summed E-state index contributed by atoms with van der Waals surface area (Å²) < 4.78 is 43.1. The van der Waals surface area contributed by atoms with Crippen LogP contribution in [0.25, 0.3) is 0 Å². The molecular weight excluding hydrogens is 418 g/mol. The van der Waals surface area contributed by atoms with Crippen molar-refractivity contribution in [2.24, 2.45) is 0 Å². The van der Waals surface area contributed by atoms with Gasteiger partial charge in [0.25, 0.3) is 0 Å². The van der Waals surface area contributed by atoms with Crippen LogP contribution >= 0.6 is 0 Å². The van der Waals surface area contributed by atoms with Gasteiger partial charge >= 0.3 is 18.2 Å².